The van der Waals surface area contributed by atoms with Crippen molar-refractivity contribution in [2.24, 2.45) is 16.9 Å². The van der Waals surface area contributed by atoms with Gasteiger partial charge in [-0.15, -0.1) is 0 Å². The average Bonchev–Trinajstić information content (AvgIpc) is 2.22. The van der Waals surface area contributed by atoms with Gasteiger partial charge in [0, 0.05) is 6.04 Å². The second-order valence-corrected chi connectivity index (χ2v) is 4.98. The fourth-order valence-electron chi connectivity index (χ4n) is 1.40. The molecule has 2 amide bonds. The highest BCUT2D eigenvalue weighted by atomic mass is 32.1. The SMILES string of the molecule is CCC(C)(C(=O)N(CC(N)=O)C(C)C)C(N)=S. The summed E-state index contributed by atoms with van der Waals surface area (Å²) < 4.78 is 0. The van der Waals surface area contributed by atoms with Crippen LogP contribution >= 0.6 is 12.2 Å². The van der Waals surface area contributed by atoms with Crippen LogP contribution in [0.1, 0.15) is 34.1 Å². The molecule has 0 spiro atoms. The predicted molar refractivity (Wildman–Crippen MR) is 71.2 cm³/mol. The highest BCUT2D eigenvalue weighted by molar-refractivity contribution is 7.80. The molecule has 1 unspecified atom stereocenters. The van der Waals surface area contributed by atoms with Gasteiger partial charge in [0.05, 0.1) is 16.9 Å². The quantitative estimate of drug-likeness (QED) is 0.676. The van der Waals surface area contributed by atoms with Crippen molar-refractivity contribution < 1.29 is 9.59 Å². The molecule has 0 aromatic heterocycles. The van der Waals surface area contributed by atoms with Gasteiger partial charge in [-0.2, -0.15) is 0 Å². The van der Waals surface area contributed by atoms with E-state index in [4.69, 9.17) is 23.7 Å². The molecule has 0 aliphatic rings. The maximum atomic E-state index is 12.4. The number of carbonyl (C=O) groups excluding carboxylic acids is 2. The van der Waals surface area contributed by atoms with Crippen LogP contribution in [0, 0.1) is 5.41 Å². The zero-order chi connectivity index (χ0) is 13.8. The van der Waals surface area contributed by atoms with E-state index in [0.29, 0.717) is 6.42 Å². The number of nitrogens with zero attached hydrogens (tertiary/aromatic N) is 1. The summed E-state index contributed by atoms with van der Waals surface area (Å²) in [5.74, 6) is -0.797. The number of thiocarbonyl (C=S) groups is 1. The van der Waals surface area contributed by atoms with Gasteiger partial charge >= 0.3 is 0 Å². The molecule has 0 heterocycles. The van der Waals surface area contributed by atoms with Crippen LogP contribution in [0.5, 0.6) is 0 Å². The van der Waals surface area contributed by atoms with Gasteiger partial charge in [0.15, 0.2) is 0 Å². The molecular weight excluding hydrogens is 238 g/mol. The highest BCUT2D eigenvalue weighted by Crippen LogP contribution is 2.25. The number of amides is 2. The highest BCUT2D eigenvalue weighted by Gasteiger charge is 2.39. The Kier molecular flexibility index (Phi) is 5.54. The Bertz CT molecular complexity index is 331. The predicted octanol–water partition coefficient (Wildman–Crippen LogP) is 0.411. The maximum Gasteiger partial charge on any atom is 0.237 e. The van der Waals surface area contributed by atoms with Crippen molar-refractivity contribution in [3.8, 4) is 0 Å². The number of rotatable bonds is 6. The van der Waals surface area contributed by atoms with Crippen LogP contribution in [-0.4, -0.2) is 34.3 Å². The molecule has 1 atom stereocenters. The van der Waals surface area contributed by atoms with E-state index in [1.54, 1.807) is 6.92 Å². The Morgan fingerprint density at radius 3 is 2.06 bits per heavy atom. The van der Waals surface area contributed by atoms with Crippen molar-refractivity contribution in [1.29, 1.82) is 0 Å². The molecule has 0 aromatic carbocycles. The molecule has 0 aliphatic carbocycles. The smallest absolute Gasteiger partial charge is 0.237 e. The van der Waals surface area contributed by atoms with E-state index in [1.807, 2.05) is 20.8 Å². The normalized spacial score (nSPS) is 14.2. The van der Waals surface area contributed by atoms with E-state index >= 15 is 0 Å². The van der Waals surface area contributed by atoms with Crippen molar-refractivity contribution >= 4 is 29.0 Å². The molecule has 0 aromatic rings. The van der Waals surface area contributed by atoms with Crippen LogP contribution in [0.2, 0.25) is 0 Å². The first-order chi connectivity index (χ1) is 7.66. The lowest BCUT2D eigenvalue weighted by molar-refractivity contribution is -0.142. The number of primary amides is 1. The second kappa shape index (κ2) is 5.95. The lowest BCUT2D eigenvalue weighted by Crippen LogP contribution is -2.53. The summed E-state index contributed by atoms with van der Waals surface area (Å²) in [6.07, 6.45) is 0.489. The van der Waals surface area contributed by atoms with Gasteiger partial charge in [0.25, 0.3) is 0 Å². The van der Waals surface area contributed by atoms with Gasteiger partial charge in [-0.25, -0.2) is 0 Å². The summed E-state index contributed by atoms with van der Waals surface area (Å²) in [5.41, 5.74) is 9.83. The summed E-state index contributed by atoms with van der Waals surface area (Å²) >= 11 is 4.94. The third-order valence-corrected chi connectivity index (χ3v) is 3.38. The van der Waals surface area contributed by atoms with Gasteiger partial charge in [0.2, 0.25) is 11.8 Å². The number of hydrogen-bond acceptors (Lipinski definition) is 3. The van der Waals surface area contributed by atoms with Crippen molar-refractivity contribution in [2.75, 3.05) is 6.54 Å². The first kappa shape index (κ1) is 15.8. The van der Waals surface area contributed by atoms with E-state index in [2.05, 4.69) is 0 Å². The molecule has 0 saturated carbocycles. The Morgan fingerprint density at radius 1 is 1.35 bits per heavy atom. The van der Waals surface area contributed by atoms with Crippen LogP contribution in [-0.2, 0) is 9.59 Å². The van der Waals surface area contributed by atoms with Crippen LogP contribution in [0.3, 0.4) is 0 Å². The minimum absolute atomic E-state index is 0.116. The Morgan fingerprint density at radius 2 is 1.82 bits per heavy atom. The van der Waals surface area contributed by atoms with E-state index in [0.717, 1.165) is 0 Å². The monoisotopic (exact) mass is 259 g/mol. The van der Waals surface area contributed by atoms with Crippen molar-refractivity contribution in [3.05, 3.63) is 0 Å². The zero-order valence-corrected chi connectivity index (χ0v) is 11.6. The Balaban J connectivity index is 5.19. The van der Waals surface area contributed by atoms with E-state index < -0.39 is 11.3 Å². The van der Waals surface area contributed by atoms with Crippen LogP contribution in [0.4, 0.5) is 0 Å². The molecule has 98 valence electrons. The molecule has 6 heteroatoms. The molecule has 0 bridgehead atoms. The fourth-order valence-corrected chi connectivity index (χ4v) is 1.64. The summed E-state index contributed by atoms with van der Waals surface area (Å²) in [6.45, 7) is 7.04. The molecule has 0 fully saturated rings. The van der Waals surface area contributed by atoms with Crippen molar-refractivity contribution in [2.45, 2.75) is 40.2 Å². The van der Waals surface area contributed by atoms with Gasteiger partial charge in [-0.05, 0) is 27.2 Å². The molecule has 0 radical (unpaired) electrons. The number of hydrogen-bond donors (Lipinski definition) is 2. The topological polar surface area (TPSA) is 89.4 Å². The third kappa shape index (κ3) is 3.66. The lowest BCUT2D eigenvalue weighted by atomic mass is 9.85. The summed E-state index contributed by atoms with van der Waals surface area (Å²) in [7, 11) is 0. The summed E-state index contributed by atoms with van der Waals surface area (Å²) in [6, 6.07) is -0.129. The van der Waals surface area contributed by atoms with Crippen molar-refractivity contribution in [1.82, 2.24) is 4.90 Å². The molecule has 0 saturated heterocycles. The number of carbonyl (C=O) groups is 2. The minimum atomic E-state index is -0.922. The third-order valence-electron chi connectivity index (χ3n) is 2.93. The van der Waals surface area contributed by atoms with Gasteiger partial charge in [-0.1, -0.05) is 19.1 Å². The molecule has 4 N–H and O–H groups in total. The number of nitrogens with two attached hydrogens (primary N) is 2. The van der Waals surface area contributed by atoms with Gasteiger partial charge in [-0.3, -0.25) is 9.59 Å². The standard InChI is InChI=1S/C11H21N3O2S/c1-5-11(4,9(13)17)10(16)14(7(2)3)6-8(12)15/h7H,5-6H2,1-4H3,(H2,12,15)(H2,13,17). The maximum absolute atomic E-state index is 12.4. The molecule has 17 heavy (non-hydrogen) atoms. The minimum Gasteiger partial charge on any atom is -0.392 e. The Labute approximate surface area is 108 Å². The summed E-state index contributed by atoms with van der Waals surface area (Å²) in [5, 5.41) is 0. The van der Waals surface area contributed by atoms with Crippen LogP contribution < -0.4 is 11.5 Å². The van der Waals surface area contributed by atoms with Crippen LogP contribution in [0.25, 0.3) is 0 Å². The van der Waals surface area contributed by atoms with Crippen LogP contribution in [0.15, 0.2) is 0 Å². The zero-order valence-electron chi connectivity index (χ0n) is 10.8. The molecule has 0 aliphatic heterocycles. The second-order valence-electron chi connectivity index (χ2n) is 4.54. The van der Waals surface area contributed by atoms with E-state index in [-0.39, 0.29) is 23.5 Å². The largest absolute Gasteiger partial charge is 0.392 e. The van der Waals surface area contributed by atoms with E-state index in [1.165, 1.54) is 4.90 Å². The average molecular weight is 259 g/mol. The Hall–Kier alpha value is -1.17. The first-order valence-corrected chi connectivity index (χ1v) is 5.96. The van der Waals surface area contributed by atoms with Crippen molar-refractivity contribution in [3.63, 3.8) is 0 Å². The molecule has 5 nitrogen and oxygen atoms in total. The van der Waals surface area contributed by atoms with Gasteiger partial charge < -0.3 is 16.4 Å². The first-order valence-electron chi connectivity index (χ1n) is 5.56. The summed E-state index contributed by atoms with van der Waals surface area (Å²) in [4.78, 5) is 24.9. The van der Waals surface area contributed by atoms with E-state index in [9.17, 15) is 9.59 Å². The molecule has 0 rings (SSSR count). The lowest BCUT2D eigenvalue weighted by Gasteiger charge is -2.34. The molecular formula is C11H21N3O2S. The van der Waals surface area contributed by atoms with Gasteiger partial charge in [0.1, 0.15) is 0 Å². The fraction of sp³-hybridized carbons (Fsp3) is 0.727.